The number of ether oxygens (including phenoxy) is 1. The van der Waals surface area contributed by atoms with E-state index in [9.17, 15) is 4.79 Å². The van der Waals surface area contributed by atoms with Gasteiger partial charge in [-0.1, -0.05) is 18.2 Å². The summed E-state index contributed by atoms with van der Waals surface area (Å²) < 4.78 is 4.60. The van der Waals surface area contributed by atoms with Crippen LogP contribution < -0.4 is 4.74 Å². The number of para-hydroxylation sites is 1. The van der Waals surface area contributed by atoms with Crippen LogP contribution in [0.5, 0.6) is 5.75 Å². The van der Waals surface area contributed by atoms with E-state index in [2.05, 4.69) is 10.8 Å². The maximum Gasteiger partial charge on any atom is 0.298 e. The fourth-order valence-corrected chi connectivity index (χ4v) is 0.681. The molecule has 0 heterocycles. The molecule has 0 fully saturated rings. The van der Waals surface area contributed by atoms with Crippen LogP contribution in [0.15, 0.2) is 18.2 Å². The fraction of sp³-hybridized carbons (Fsp3) is 0.125. The Bertz CT molecular complexity index is 230. The lowest BCUT2D eigenvalue weighted by molar-refractivity contribution is -0.120. The van der Waals surface area contributed by atoms with Crippen molar-refractivity contribution < 1.29 is 9.53 Å². The minimum absolute atomic E-state index is 0.402. The van der Waals surface area contributed by atoms with Crippen LogP contribution in [0, 0.1) is 13.0 Å². The van der Waals surface area contributed by atoms with Crippen molar-refractivity contribution in [1.82, 2.24) is 0 Å². The molecule has 1 radical (unpaired) electrons. The largest absolute Gasteiger partial charge is 0.428 e. The summed E-state index contributed by atoms with van der Waals surface area (Å²) in [5, 5.41) is 0. The molecule has 0 aliphatic rings. The Morgan fingerprint density at radius 2 is 2.50 bits per heavy atom. The number of carbonyl (C=O) groups excluding carboxylic acids is 1. The van der Waals surface area contributed by atoms with Gasteiger partial charge in [-0.2, -0.15) is 0 Å². The zero-order valence-corrected chi connectivity index (χ0v) is 5.63. The molecule has 0 aliphatic carbocycles. The van der Waals surface area contributed by atoms with Crippen LogP contribution in [0.3, 0.4) is 0 Å². The molecular weight excluding hydrogens is 128 g/mol. The van der Waals surface area contributed by atoms with Crippen LogP contribution in [-0.4, -0.2) is 6.47 Å². The van der Waals surface area contributed by atoms with Crippen LogP contribution in [0.1, 0.15) is 5.56 Å². The average molecular weight is 135 g/mol. The van der Waals surface area contributed by atoms with Gasteiger partial charge in [0, 0.05) is 6.07 Å². The van der Waals surface area contributed by atoms with Crippen molar-refractivity contribution in [3.05, 3.63) is 29.8 Å². The second-order valence-electron chi connectivity index (χ2n) is 1.90. The predicted molar refractivity (Wildman–Crippen MR) is 36.7 cm³/mol. The Kier molecular flexibility index (Phi) is 2.05. The summed E-state index contributed by atoms with van der Waals surface area (Å²) in [7, 11) is 0. The number of hydrogen-bond donors (Lipinski definition) is 0. The SMILES string of the molecule is Cc1ccc[c]c1OC=O. The molecule has 51 valence electrons. The van der Waals surface area contributed by atoms with E-state index in [1.165, 1.54) is 0 Å². The lowest BCUT2D eigenvalue weighted by Gasteiger charge is -1.98. The second-order valence-corrected chi connectivity index (χ2v) is 1.90. The minimum Gasteiger partial charge on any atom is -0.428 e. The first-order chi connectivity index (χ1) is 4.84. The van der Waals surface area contributed by atoms with Crippen molar-refractivity contribution in [2.45, 2.75) is 6.92 Å². The van der Waals surface area contributed by atoms with Gasteiger partial charge in [0.05, 0.1) is 0 Å². The van der Waals surface area contributed by atoms with Gasteiger partial charge in [-0.15, -0.1) is 0 Å². The van der Waals surface area contributed by atoms with Crippen molar-refractivity contribution in [3.63, 3.8) is 0 Å². The van der Waals surface area contributed by atoms with Crippen molar-refractivity contribution >= 4 is 6.47 Å². The second kappa shape index (κ2) is 3.01. The highest BCUT2D eigenvalue weighted by molar-refractivity contribution is 5.46. The zero-order valence-electron chi connectivity index (χ0n) is 5.63. The van der Waals surface area contributed by atoms with E-state index in [4.69, 9.17) is 0 Å². The summed E-state index contributed by atoms with van der Waals surface area (Å²) >= 11 is 0. The highest BCUT2D eigenvalue weighted by atomic mass is 16.5. The van der Waals surface area contributed by atoms with E-state index in [-0.39, 0.29) is 0 Å². The van der Waals surface area contributed by atoms with Crippen molar-refractivity contribution in [2.75, 3.05) is 0 Å². The van der Waals surface area contributed by atoms with Gasteiger partial charge in [-0.3, -0.25) is 4.79 Å². The molecule has 10 heavy (non-hydrogen) atoms. The van der Waals surface area contributed by atoms with Crippen LogP contribution in [0.25, 0.3) is 0 Å². The van der Waals surface area contributed by atoms with E-state index < -0.39 is 0 Å². The van der Waals surface area contributed by atoms with Gasteiger partial charge < -0.3 is 4.74 Å². The van der Waals surface area contributed by atoms with Gasteiger partial charge >= 0.3 is 0 Å². The summed E-state index contributed by atoms with van der Waals surface area (Å²) in [5.74, 6) is 0.498. The van der Waals surface area contributed by atoms with Crippen LogP contribution >= 0.6 is 0 Å². The number of benzene rings is 1. The molecule has 0 N–H and O–H groups in total. The standard InChI is InChI=1S/C8H7O2/c1-7-4-2-3-5-8(7)10-6-9/h2-4,6H,1H3. The molecule has 2 nitrogen and oxygen atoms in total. The minimum atomic E-state index is 0.402. The first-order valence-corrected chi connectivity index (χ1v) is 2.92. The first kappa shape index (κ1) is 6.81. The molecule has 1 rings (SSSR count). The van der Waals surface area contributed by atoms with E-state index in [0.29, 0.717) is 12.2 Å². The quantitative estimate of drug-likeness (QED) is 0.572. The molecule has 0 bridgehead atoms. The smallest absolute Gasteiger partial charge is 0.298 e. The lowest BCUT2D eigenvalue weighted by atomic mass is 10.2. The maximum atomic E-state index is 9.88. The lowest BCUT2D eigenvalue weighted by Crippen LogP contribution is -1.90. The first-order valence-electron chi connectivity index (χ1n) is 2.92. The average Bonchev–Trinajstić information content (AvgIpc) is 1.94. The van der Waals surface area contributed by atoms with Gasteiger partial charge in [0.1, 0.15) is 5.75 Å². The fourth-order valence-electron chi connectivity index (χ4n) is 0.681. The monoisotopic (exact) mass is 135 g/mol. The number of aryl methyl sites for hydroxylation is 1. The van der Waals surface area contributed by atoms with E-state index >= 15 is 0 Å². The van der Waals surface area contributed by atoms with Crippen molar-refractivity contribution in [2.24, 2.45) is 0 Å². The van der Waals surface area contributed by atoms with Crippen LogP contribution in [0.2, 0.25) is 0 Å². The Balaban J connectivity index is 2.91. The number of rotatable bonds is 2. The van der Waals surface area contributed by atoms with Crippen molar-refractivity contribution in [3.8, 4) is 5.75 Å². The Labute approximate surface area is 59.4 Å². The van der Waals surface area contributed by atoms with Crippen LogP contribution in [-0.2, 0) is 4.79 Å². The maximum absolute atomic E-state index is 9.88. The molecule has 0 atom stereocenters. The zero-order chi connectivity index (χ0) is 7.40. The summed E-state index contributed by atoms with van der Waals surface area (Å²) in [6.07, 6.45) is 0. The molecular formula is C8H7O2. The number of carbonyl (C=O) groups is 1. The van der Waals surface area contributed by atoms with E-state index in [1.54, 1.807) is 6.07 Å². The molecule has 0 spiro atoms. The molecule has 2 heteroatoms. The Morgan fingerprint density at radius 1 is 1.70 bits per heavy atom. The van der Waals surface area contributed by atoms with Gasteiger partial charge in [0.15, 0.2) is 0 Å². The van der Waals surface area contributed by atoms with Gasteiger partial charge in [-0.25, -0.2) is 0 Å². The third-order valence-electron chi connectivity index (χ3n) is 1.18. The normalized spacial score (nSPS) is 8.90. The molecule has 0 saturated heterocycles. The molecule has 0 aromatic heterocycles. The Morgan fingerprint density at radius 3 is 3.10 bits per heavy atom. The number of hydrogen-bond acceptors (Lipinski definition) is 2. The predicted octanol–water partition coefficient (Wildman–Crippen LogP) is 1.33. The highest BCUT2D eigenvalue weighted by Gasteiger charge is 1.94. The molecule has 0 aliphatic heterocycles. The van der Waals surface area contributed by atoms with Gasteiger partial charge in [0.25, 0.3) is 6.47 Å². The van der Waals surface area contributed by atoms with E-state index in [0.717, 1.165) is 5.56 Å². The molecule has 0 amide bonds. The molecule has 0 unspecified atom stereocenters. The highest BCUT2D eigenvalue weighted by Crippen LogP contribution is 2.13. The molecule has 1 aromatic rings. The van der Waals surface area contributed by atoms with Crippen molar-refractivity contribution in [1.29, 1.82) is 0 Å². The van der Waals surface area contributed by atoms with Gasteiger partial charge in [0.2, 0.25) is 0 Å². The molecule has 0 saturated carbocycles. The topological polar surface area (TPSA) is 26.3 Å². The third kappa shape index (κ3) is 1.35. The third-order valence-corrected chi connectivity index (χ3v) is 1.18. The summed E-state index contributed by atoms with van der Waals surface area (Å²) in [6.45, 7) is 2.26. The summed E-state index contributed by atoms with van der Waals surface area (Å²) in [5.41, 5.74) is 0.912. The Hall–Kier alpha value is -1.31. The van der Waals surface area contributed by atoms with E-state index in [1.807, 2.05) is 19.1 Å². The molecule has 1 aromatic carbocycles. The van der Waals surface area contributed by atoms with Crippen LogP contribution in [0.4, 0.5) is 0 Å². The summed E-state index contributed by atoms with van der Waals surface area (Å²) in [6, 6.07) is 8.18. The van der Waals surface area contributed by atoms with Gasteiger partial charge in [-0.05, 0) is 12.5 Å². The summed E-state index contributed by atoms with van der Waals surface area (Å²) in [4.78, 5) is 9.88.